The van der Waals surface area contributed by atoms with Gasteiger partial charge in [-0.3, -0.25) is 9.89 Å². The van der Waals surface area contributed by atoms with Crippen LogP contribution in [0.5, 0.6) is 0 Å². The Morgan fingerprint density at radius 2 is 2.54 bits per heavy atom. The number of amides is 1. The summed E-state index contributed by atoms with van der Waals surface area (Å²) in [4.78, 5) is 12.8. The number of nitrogens with one attached hydrogen (secondary N) is 1. The SMILES string of the molecule is Cc1cc(C(=O)N(C)CC#N)n[nH]1. The molecular formula is C8H10N4O. The van der Waals surface area contributed by atoms with Crippen LogP contribution in [0.15, 0.2) is 6.07 Å². The Labute approximate surface area is 76.0 Å². The number of carbonyl (C=O) groups is 1. The van der Waals surface area contributed by atoms with Crippen LogP contribution in [-0.2, 0) is 0 Å². The van der Waals surface area contributed by atoms with Gasteiger partial charge in [-0.2, -0.15) is 10.4 Å². The number of aromatic nitrogens is 2. The Morgan fingerprint density at radius 1 is 1.85 bits per heavy atom. The normalized spacial score (nSPS) is 9.31. The van der Waals surface area contributed by atoms with Crippen molar-refractivity contribution in [2.45, 2.75) is 6.92 Å². The Balaban J connectivity index is 2.74. The number of rotatable bonds is 2. The second-order valence-corrected chi connectivity index (χ2v) is 2.76. The Bertz CT molecular complexity index is 349. The van der Waals surface area contributed by atoms with E-state index in [9.17, 15) is 4.79 Å². The van der Waals surface area contributed by atoms with Crippen LogP contribution >= 0.6 is 0 Å². The summed E-state index contributed by atoms with van der Waals surface area (Å²) in [6.45, 7) is 1.89. The molecule has 0 fully saturated rings. The van der Waals surface area contributed by atoms with Crippen LogP contribution in [0.25, 0.3) is 0 Å². The fourth-order valence-electron chi connectivity index (χ4n) is 0.901. The van der Waals surface area contributed by atoms with Gasteiger partial charge in [0.1, 0.15) is 12.2 Å². The summed E-state index contributed by atoms with van der Waals surface area (Å²) >= 11 is 0. The first-order chi connectivity index (χ1) is 6.15. The molecular weight excluding hydrogens is 168 g/mol. The number of H-pyrrole nitrogens is 1. The molecule has 13 heavy (non-hydrogen) atoms. The molecule has 0 unspecified atom stereocenters. The van der Waals surface area contributed by atoms with Crippen LogP contribution in [0.2, 0.25) is 0 Å². The average molecular weight is 178 g/mol. The molecule has 0 aliphatic rings. The van der Waals surface area contributed by atoms with Crippen molar-refractivity contribution in [2.75, 3.05) is 13.6 Å². The van der Waals surface area contributed by atoms with Crippen LogP contribution in [0, 0.1) is 18.3 Å². The van der Waals surface area contributed by atoms with Gasteiger partial charge >= 0.3 is 0 Å². The molecule has 0 radical (unpaired) electrons. The highest BCUT2D eigenvalue weighted by atomic mass is 16.2. The van der Waals surface area contributed by atoms with Crippen LogP contribution in [0.4, 0.5) is 0 Å². The molecule has 5 nitrogen and oxygen atoms in total. The van der Waals surface area contributed by atoms with Gasteiger partial charge in [-0.15, -0.1) is 0 Å². The molecule has 1 aromatic heterocycles. The maximum Gasteiger partial charge on any atom is 0.274 e. The van der Waals surface area contributed by atoms with E-state index in [2.05, 4.69) is 10.2 Å². The van der Waals surface area contributed by atoms with Crippen molar-refractivity contribution < 1.29 is 4.79 Å². The summed E-state index contributed by atoms with van der Waals surface area (Å²) in [5.41, 5.74) is 1.17. The molecule has 1 N–H and O–H groups in total. The van der Waals surface area contributed by atoms with Crippen molar-refractivity contribution in [3.8, 4) is 6.07 Å². The van der Waals surface area contributed by atoms with Crippen molar-refractivity contribution in [1.82, 2.24) is 15.1 Å². The second kappa shape index (κ2) is 3.72. The number of aromatic amines is 1. The van der Waals surface area contributed by atoms with Crippen molar-refractivity contribution in [2.24, 2.45) is 0 Å². The lowest BCUT2D eigenvalue weighted by Crippen LogP contribution is -2.27. The monoisotopic (exact) mass is 178 g/mol. The molecule has 0 aromatic carbocycles. The van der Waals surface area contributed by atoms with Gasteiger partial charge in [0.15, 0.2) is 0 Å². The quantitative estimate of drug-likeness (QED) is 0.662. The lowest BCUT2D eigenvalue weighted by atomic mass is 10.3. The Hall–Kier alpha value is -1.83. The summed E-state index contributed by atoms with van der Waals surface area (Å²) in [6, 6.07) is 3.54. The second-order valence-electron chi connectivity index (χ2n) is 2.76. The summed E-state index contributed by atoms with van der Waals surface area (Å²) in [5, 5.41) is 14.8. The van der Waals surface area contributed by atoms with Gasteiger partial charge in [0.05, 0.1) is 6.07 Å². The topological polar surface area (TPSA) is 72.8 Å². The number of hydrogen-bond donors (Lipinski definition) is 1. The lowest BCUT2D eigenvalue weighted by molar-refractivity contribution is 0.0806. The molecule has 1 amide bonds. The summed E-state index contributed by atoms with van der Waals surface area (Å²) < 4.78 is 0. The largest absolute Gasteiger partial charge is 0.327 e. The highest BCUT2D eigenvalue weighted by Crippen LogP contribution is 2.01. The van der Waals surface area contributed by atoms with Gasteiger partial charge in [-0.25, -0.2) is 0 Å². The zero-order valence-electron chi connectivity index (χ0n) is 7.53. The molecule has 0 saturated carbocycles. The molecule has 0 aliphatic carbocycles. The minimum atomic E-state index is -0.245. The fourth-order valence-corrected chi connectivity index (χ4v) is 0.901. The fraction of sp³-hybridized carbons (Fsp3) is 0.375. The molecule has 5 heteroatoms. The van der Waals surface area contributed by atoms with Crippen molar-refractivity contribution in [3.05, 3.63) is 17.5 Å². The van der Waals surface area contributed by atoms with E-state index in [0.717, 1.165) is 5.69 Å². The predicted molar refractivity (Wildman–Crippen MR) is 45.9 cm³/mol. The number of nitriles is 1. The van der Waals surface area contributed by atoms with Gasteiger partial charge in [0.25, 0.3) is 5.91 Å². The maximum atomic E-state index is 11.4. The van der Waals surface area contributed by atoms with Gasteiger partial charge in [-0.1, -0.05) is 0 Å². The van der Waals surface area contributed by atoms with Crippen molar-refractivity contribution in [3.63, 3.8) is 0 Å². The smallest absolute Gasteiger partial charge is 0.274 e. The first-order valence-corrected chi connectivity index (χ1v) is 3.79. The zero-order valence-corrected chi connectivity index (χ0v) is 7.53. The molecule has 0 aliphatic heterocycles. The summed E-state index contributed by atoms with van der Waals surface area (Å²) in [6.07, 6.45) is 0. The van der Waals surface area contributed by atoms with Gasteiger partial charge < -0.3 is 4.90 Å². The zero-order chi connectivity index (χ0) is 9.84. The molecule has 68 valence electrons. The van der Waals surface area contributed by atoms with Crippen LogP contribution < -0.4 is 0 Å². The Morgan fingerprint density at radius 3 is 3.00 bits per heavy atom. The molecule has 0 bridgehead atoms. The van der Waals surface area contributed by atoms with Gasteiger partial charge in [-0.05, 0) is 13.0 Å². The third-order valence-corrected chi connectivity index (χ3v) is 1.58. The average Bonchev–Trinajstić information content (AvgIpc) is 2.51. The van der Waals surface area contributed by atoms with Gasteiger partial charge in [0.2, 0.25) is 0 Å². The van der Waals surface area contributed by atoms with Gasteiger partial charge in [0, 0.05) is 12.7 Å². The Kier molecular flexibility index (Phi) is 2.65. The predicted octanol–water partition coefficient (Wildman–Crippen LogP) is 0.314. The first-order valence-electron chi connectivity index (χ1n) is 3.79. The number of hydrogen-bond acceptors (Lipinski definition) is 3. The van der Waals surface area contributed by atoms with E-state index in [-0.39, 0.29) is 12.5 Å². The minimum Gasteiger partial charge on any atom is -0.327 e. The van der Waals surface area contributed by atoms with E-state index in [1.54, 1.807) is 13.1 Å². The van der Waals surface area contributed by atoms with E-state index in [1.165, 1.54) is 4.90 Å². The van der Waals surface area contributed by atoms with Crippen molar-refractivity contribution >= 4 is 5.91 Å². The van der Waals surface area contributed by atoms with E-state index in [1.807, 2.05) is 13.0 Å². The summed E-state index contributed by atoms with van der Waals surface area (Å²) in [5.74, 6) is -0.245. The number of aryl methyl sites for hydroxylation is 1. The molecule has 0 atom stereocenters. The number of carbonyl (C=O) groups excluding carboxylic acids is 1. The van der Waals surface area contributed by atoms with E-state index in [4.69, 9.17) is 5.26 Å². The summed E-state index contributed by atoms with van der Waals surface area (Å²) in [7, 11) is 1.57. The van der Waals surface area contributed by atoms with E-state index < -0.39 is 0 Å². The highest BCUT2D eigenvalue weighted by molar-refractivity contribution is 5.92. The number of nitrogens with zero attached hydrogens (tertiary/aromatic N) is 3. The molecule has 1 aromatic rings. The standard InChI is InChI=1S/C8H10N4O/c1-6-5-7(11-10-6)8(13)12(2)4-3-9/h5H,4H2,1-2H3,(H,10,11). The van der Waals surface area contributed by atoms with E-state index in [0.29, 0.717) is 5.69 Å². The first kappa shape index (κ1) is 9.26. The van der Waals surface area contributed by atoms with Crippen LogP contribution in [-0.4, -0.2) is 34.6 Å². The van der Waals surface area contributed by atoms with Crippen LogP contribution in [0.1, 0.15) is 16.2 Å². The third-order valence-electron chi connectivity index (χ3n) is 1.58. The minimum absolute atomic E-state index is 0.0741. The van der Waals surface area contributed by atoms with Crippen LogP contribution in [0.3, 0.4) is 0 Å². The van der Waals surface area contributed by atoms with E-state index >= 15 is 0 Å². The lowest BCUT2D eigenvalue weighted by Gasteiger charge is -2.09. The molecule has 0 saturated heterocycles. The highest BCUT2D eigenvalue weighted by Gasteiger charge is 2.13. The molecule has 1 heterocycles. The maximum absolute atomic E-state index is 11.4. The third kappa shape index (κ3) is 2.06. The molecule has 0 spiro atoms. The molecule has 1 rings (SSSR count). The van der Waals surface area contributed by atoms with Crippen molar-refractivity contribution in [1.29, 1.82) is 5.26 Å².